The molecular weight excluding hydrogens is 324 g/mol. The van der Waals surface area contributed by atoms with Gasteiger partial charge in [0.25, 0.3) is 0 Å². The van der Waals surface area contributed by atoms with Crippen molar-refractivity contribution in [3.05, 3.63) is 51.6 Å². The topological polar surface area (TPSA) is 117 Å². The molecule has 1 aromatic rings. The van der Waals surface area contributed by atoms with Crippen molar-refractivity contribution in [2.45, 2.75) is 6.10 Å². The predicted molar refractivity (Wildman–Crippen MR) is 74.7 cm³/mol. The van der Waals surface area contributed by atoms with Crippen molar-refractivity contribution in [2.75, 3.05) is 4.90 Å². The van der Waals surface area contributed by atoms with Gasteiger partial charge in [0.1, 0.15) is 35.2 Å². The number of hydrogen-bond acceptors (Lipinski definition) is 6. The second-order valence-corrected chi connectivity index (χ2v) is 4.80. The first-order valence-electron chi connectivity index (χ1n) is 5.48. The molecule has 1 aliphatic heterocycles. The molecular formula is C13H9BrN4O2. The summed E-state index contributed by atoms with van der Waals surface area (Å²) in [7, 11) is 0. The highest BCUT2D eigenvalue weighted by Crippen LogP contribution is 2.35. The first kappa shape index (κ1) is 13.9. The Bertz CT molecular complexity index is 674. The summed E-state index contributed by atoms with van der Waals surface area (Å²) in [6.45, 7) is 0. The number of nitrogens with two attached hydrogens (primary N) is 1. The average Bonchev–Trinajstić information content (AvgIpc) is 2.42. The van der Waals surface area contributed by atoms with Gasteiger partial charge in [-0.15, -0.1) is 0 Å². The van der Waals surface area contributed by atoms with Gasteiger partial charge in [-0.1, -0.05) is 12.1 Å². The van der Waals surface area contributed by atoms with Gasteiger partial charge in [-0.2, -0.15) is 10.5 Å². The minimum Gasteiger partial charge on any atom is -0.493 e. The van der Waals surface area contributed by atoms with E-state index in [-0.39, 0.29) is 17.0 Å². The fourth-order valence-electron chi connectivity index (χ4n) is 1.87. The monoisotopic (exact) mass is 332 g/mol. The van der Waals surface area contributed by atoms with E-state index in [1.54, 1.807) is 36.4 Å². The number of para-hydroxylation sites is 1. The number of aliphatic hydroxyl groups excluding tert-OH is 2. The van der Waals surface area contributed by atoms with E-state index in [0.717, 1.165) is 4.90 Å². The highest BCUT2D eigenvalue weighted by atomic mass is 79.9. The van der Waals surface area contributed by atoms with Crippen molar-refractivity contribution in [2.24, 2.45) is 5.73 Å². The summed E-state index contributed by atoms with van der Waals surface area (Å²) < 4.78 is 0.612. The molecule has 0 bridgehead atoms. The van der Waals surface area contributed by atoms with Crippen LogP contribution in [0.25, 0.3) is 0 Å². The highest BCUT2D eigenvalue weighted by Gasteiger charge is 2.34. The summed E-state index contributed by atoms with van der Waals surface area (Å²) in [6, 6.07) is 10.3. The third-order valence-corrected chi connectivity index (χ3v) is 3.52. The highest BCUT2D eigenvalue weighted by molar-refractivity contribution is 9.10. The Labute approximate surface area is 123 Å². The Balaban J connectivity index is 2.71. The summed E-state index contributed by atoms with van der Waals surface area (Å²) in [5.41, 5.74) is 5.77. The van der Waals surface area contributed by atoms with E-state index in [1.807, 2.05) is 0 Å². The summed E-state index contributed by atoms with van der Waals surface area (Å²) in [5, 5.41) is 38.1. The van der Waals surface area contributed by atoms with Crippen LogP contribution < -0.4 is 10.6 Å². The van der Waals surface area contributed by atoms with Gasteiger partial charge in [0.15, 0.2) is 0 Å². The number of nitriles is 2. The molecule has 0 radical (unpaired) electrons. The third-order valence-electron chi connectivity index (χ3n) is 2.85. The molecule has 0 spiro atoms. The van der Waals surface area contributed by atoms with Gasteiger partial charge in [0.05, 0.1) is 5.69 Å². The zero-order valence-electron chi connectivity index (χ0n) is 10.1. The number of benzene rings is 1. The molecule has 0 aliphatic carbocycles. The molecule has 0 saturated carbocycles. The molecule has 6 nitrogen and oxygen atoms in total. The lowest BCUT2D eigenvalue weighted by molar-refractivity contribution is 0.238. The maximum absolute atomic E-state index is 10.1. The molecule has 0 saturated heterocycles. The minimum absolute atomic E-state index is 0.122. The summed E-state index contributed by atoms with van der Waals surface area (Å²) >= 11 is 3.30. The third kappa shape index (κ3) is 1.99. The van der Waals surface area contributed by atoms with Crippen molar-refractivity contribution in [3.8, 4) is 12.1 Å². The van der Waals surface area contributed by atoms with Crippen molar-refractivity contribution in [3.63, 3.8) is 0 Å². The molecule has 0 amide bonds. The molecule has 1 heterocycles. The molecule has 7 heteroatoms. The Morgan fingerprint density at radius 2 is 1.80 bits per heavy atom. The van der Waals surface area contributed by atoms with Crippen LogP contribution >= 0.6 is 15.9 Å². The Morgan fingerprint density at radius 3 is 2.35 bits per heavy atom. The molecule has 1 aliphatic rings. The predicted octanol–water partition coefficient (Wildman–Crippen LogP) is 1.62. The van der Waals surface area contributed by atoms with E-state index in [2.05, 4.69) is 15.9 Å². The van der Waals surface area contributed by atoms with Crippen LogP contribution in [0.15, 0.2) is 51.6 Å². The van der Waals surface area contributed by atoms with Crippen LogP contribution in [-0.2, 0) is 0 Å². The van der Waals surface area contributed by atoms with Gasteiger partial charge in [-0.05, 0) is 28.1 Å². The molecule has 20 heavy (non-hydrogen) atoms. The van der Waals surface area contributed by atoms with E-state index in [9.17, 15) is 10.2 Å². The Morgan fingerprint density at radius 1 is 1.20 bits per heavy atom. The summed E-state index contributed by atoms with van der Waals surface area (Å²) in [5.74, 6) is -0.619. The zero-order valence-corrected chi connectivity index (χ0v) is 11.7. The number of anilines is 1. The van der Waals surface area contributed by atoms with E-state index < -0.39 is 12.0 Å². The normalized spacial score (nSPS) is 18.8. The van der Waals surface area contributed by atoms with Crippen LogP contribution in [0.1, 0.15) is 0 Å². The fourth-order valence-corrected chi connectivity index (χ4v) is 2.33. The molecule has 4 N–H and O–H groups in total. The van der Waals surface area contributed by atoms with Gasteiger partial charge in [0.2, 0.25) is 5.88 Å². The van der Waals surface area contributed by atoms with E-state index >= 15 is 0 Å². The Hall–Kier alpha value is -2.48. The lowest BCUT2D eigenvalue weighted by Crippen LogP contribution is -2.37. The van der Waals surface area contributed by atoms with E-state index in [0.29, 0.717) is 10.2 Å². The lowest BCUT2D eigenvalue weighted by Gasteiger charge is -2.31. The minimum atomic E-state index is -1.52. The van der Waals surface area contributed by atoms with Crippen LogP contribution in [0, 0.1) is 22.7 Å². The maximum Gasteiger partial charge on any atom is 0.214 e. The first-order chi connectivity index (χ1) is 9.52. The molecule has 2 rings (SSSR count). The maximum atomic E-state index is 10.1. The fraction of sp³-hybridized carbons (Fsp3) is 0.0769. The second kappa shape index (κ2) is 5.25. The SMILES string of the molecule is N#CC1=C(N)N(c2ccccc2Br)C(O)=C(C#N)[C@H]1O. The van der Waals surface area contributed by atoms with Gasteiger partial charge < -0.3 is 15.9 Å². The number of rotatable bonds is 1. The van der Waals surface area contributed by atoms with Gasteiger partial charge in [-0.3, -0.25) is 4.90 Å². The molecule has 0 aromatic heterocycles. The van der Waals surface area contributed by atoms with E-state index in [4.69, 9.17) is 16.3 Å². The van der Waals surface area contributed by atoms with Gasteiger partial charge in [-0.25, -0.2) is 0 Å². The molecule has 100 valence electrons. The summed E-state index contributed by atoms with van der Waals surface area (Å²) in [4.78, 5) is 1.15. The average molecular weight is 333 g/mol. The van der Waals surface area contributed by atoms with Crippen LogP contribution in [0.3, 0.4) is 0 Å². The van der Waals surface area contributed by atoms with Crippen molar-refractivity contribution in [1.29, 1.82) is 10.5 Å². The second-order valence-electron chi connectivity index (χ2n) is 3.95. The van der Waals surface area contributed by atoms with Crippen LogP contribution in [-0.4, -0.2) is 16.3 Å². The van der Waals surface area contributed by atoms with E-state index in [1.165, 1.54) is 0 Å². The van der Waals surface area contributed by atoms with Crippen LogP contribution in [0.5, 0.6) is 0 Å². The molecule has 1 atom stereocenters. The standard InChI is InChI=1S/C13H9BrN4O2/c14-9-3-1-2-4-10(9)18-12(17)7(5-15)11(19)8(6-16)13(18)20/h1-4,11,19-20H,17H2/t11-/m0/s1. The van der Waals surface area contributed by atoms with Crippen molar-refractivity contribution < 1.29 is 10.2 Å². The Kier molecular flexibility index (Phi) is 3.66. The quantitative estimate of drug-likeness (QED) is 0.719. The largest absolute Gasteiger partial charge is 0.493 e. The number of aliphatic hydroxyl groups is 2. The smallest absolute Gasteiger partial charge is 0.214 e. The lowest BCUT2D eigenvalue weighted by atomic mass is 9.99. The van der Waals surface area contributed by atoms with Crippen LogP contribution in [0.4, 0.5) is 5.69 Å². The van der Waals surface area contributed by atoms with Gasteiger partial charge in [0, 0.05) is 4.47 Å². The molecule has 0 unspecified atom stereocenters. The van der Waals surface area contributed by atoms with Crippen molar-refractivity contribution >= 4 is 21.6 Å². The molecule has 0 fully saturated rings. The number of nitrogens with zero attached hydrogens (tertiary/aromatic N) is 3. The van der Waals surface area contributed by atoms with Gasteiger partial charge >= 0.3 is 0 Å². The summed E-state index contributed by atoms with van der Waals surface area (Å²) in [6.07, 6.45) is -1.52. The first-order valence-corrected chi connectivity index (χ1v) is 6.28. The molecule has 1 aromatic carbocycles. The number of hydrogen-bond donors (Lipinski definition) is 3. The van der Waals surface area contributed by atoms with Crippen LogP contribution in [0.2, 0.25) is 0 Å². The number of halogens is 1. The zero-order chi connectivity index (χ0) is 14.9. The van der Waals surface area contributed by atoms with Crippen molar-refractivity contribution in [1.82, 2.24) is 0 Å².